The van der Waals surface area contributed by atoms with Gasteiger partial charge in [-0.2, -0.15) is 0 Å². The van der Waals surface area contributed by atoms with Gasteiger partial charge in [0, 0.05) is 13.1 Å². The van der Waals surface area contributed by atoms with Crippen molar-refractivity contribution in [2.45, 2.75) is 6.29 Å². The molecule has 5 nitrogen and oxygen atoms in total. The number of nitrogens with one attached hydrogen (secondary N) is 1. The molecule has 1 saturated heterocycles. The molecule has 3 N–H and O–H groups in total. The lowest BCUT2D eigenvalue weighted by atomic mass is 10.5. The van der Waals surface area contributed by atoms with E-state index in [1.54, 1.807) is 0 Å². The minimum Gasteiger partial charge on any atom is -0.368 e. The van der Waals surface area contributed by atoms with Crippen LogP contribution in [-0.2, 0) is 14.3 Å². The Labute approximate surface area is 64.8 Å². The summed E-state index contributed by atoms with van der Waals surface area (Å²) in [7, 11) is 0. The zero-order valence-corrected chi connectivity index (χ0v) is 6.21. The standard InChI is InChI=1S/C6H12N2O3/c7-5(9)4-11-6-3-8-1-2-10-6/h6,8H,1-4H2,(H2,7,9). The van der Waals surface area contributed by atoms with Gasteiger partial charge in [-0.3, -0.25) is 4.79 Å². The van der Waals surface area contributed by atoms with Crippen LogP contribution in [0.1, 0.15) is 0 Å². The summed E-state index contributed by atoms with van der Waals surface area (Å²) in [5.41, 5.74) is 4.87. The fraction of sp³-hybridized carbons (Fsp3) is 0.833. The average molecular weight is 160 g/mol. The molecule has 5 heteroatoms. The normalized spacial score (nSPS) is 24.9. The van der Waals surface area contributed by atoms with Crippen LogP contribution in [0.3, 0.4) is 0 Å². The topological polar surface area (TPSA) is 73.6 Å². The van der Waals surface area contributed by atoms with Crippen LogP contribution in [0.25, 0.3) is 0 Å². The molecule has 1 aliphatic heterocycles. The number of carbonyl (C=O) groups excluding carboxylic acids is 1. The summed E-state index contributed by atoms with van der Waals surface area (Å²) in [5, 5.41) is 3.06. The van der Waals surface area contributed by atoms with Crippen LogP contribution in [0.15, 0.2) is 0 Å². The van der Waals surface area contributed by atoms with Gasteiger partial charge in [-0.25, -0.2) is 0 Å². The van der Waals surface area contributed by atoms with Crippen LogP contribution in [0, 0.1) is 0 Å². The monoisotopic (exact) mass is 160 g/mol. The third-order valence-electron chi connectivity index (χ3n) is 1.31. The first-order valence-electron chi connectivity index (χ1n) is 3.51. The molecule has 0 saturated carbocycles. The number of morpholine rings is 1. The van der Waals surface area contributed by atoms with Crippen LogP contribution in [-0.4, -0.2) is 38.5 Å². The van der Waals surface area contributed by atoms with Crippen molar-refractivity contribution < 1.29 is 14.3 Å². The van der Waals surface area contributed by atoms with Gasteiger partial charge in [0.05, 0.1) is 6.61 Å². The van der Waals surface area contributed by atoms with E-state index in [4.69, 9.17) is 15.2 Å². The smallest absolute Gasteiger partial charge is 0.243 e. The zero-order chi connectivity index (χ0) is 8.10. The largest absolute Gasteiger partial charge is 0.368 e. The van der Waals surface area contributed by atoms with E-state index in [0.29, 0.717) is 13.2 Å². The molecule has 0 aromatic carbocycles. The van der Waals surface area contributed by atoms with E-state index < -0.39 is 5.91 Å². The number of nitrogens with two attached hydrogens (primary N) is 1. The van der Waals surface area contributed by atoms with Crippen LogP contribution >= 0.6 is 0 Å². The number of ether oxygens (including phenoxy) is 2. The highest BCUT2D eigenvalue weighted by atomic mass is 16.7. The minimum absolute atomic E-state index is 0.0770. The zero-order valence-electron chi connectivity index (χ0n) is 6.21. The molecule has 1 heterocycles. The van der Waals surface area contributed by atoms with Crippen molar-refractivity contribution in [1.82, 2.24) is 5.32 Å². The molecule has 0 aromatic heterocycles. The minimum atomic E-state index is -0.473. The highest BCUT2D eigenvalue weighted by Crippen LogP contribution is 1.96. The first-order chi connectivity index (χ1) is 5.29. The molecule has 0 radical (unpaired) electrons. The molecule has 1 amide bonds. The SMILES string of the molecule is NC(=O)COC1CNCCO1. The van der Waals surface area contributed by atoms with E-state index >= 15 is 0 Å². The fourth-order valence-electron chi connectivity index (χ4n) is 0.823. The van der Waals surface area contributed by atoms with E-state index in [1.165, 1.54) is 0 Å². The highest BCUT2D eigenvalue weighted by molar-refractivity contribution is 5.74. The van der Waals surface area contributed by atoms with Gasteiger partial charge < -0.3 is 20.5 Å². The van der Waals surface area contributed by atoms with E-state index in [2.05, 4.69) is 5.32 Å². The van der Waals surface area contributed by atoms with Crippen molar-refractivity contribution in [1.29, 1.82) is 0 Å². The molecular formula is C6H12N2O3. The second kappa shape index (κ2) is 4.27. The number of amides is 1. The maximum absolute atomic E-state index is 10.3. The van der Waals surface area contributed by atoms with Gasteiger partial charge in [0.1, 0.15) is 6.61 Å². The van der Waals surface area contributed by atoms with Gasteiger partial charge in [0.25, 0.3) is 0 Å². The van der Waals surface area contributed by atoms with Gasteiger partial charge in [0.2, 0.25) is 5.91 Å². The highest BCUT2D eigenvalue weighted by Gasteiger charge is 2.13. The van der Waals surface area contributed by atoms with Gasteiger partial charge in [0.15, 0.2) is 6.29 Å². The predicted molar refractivity (Wildman–Crippen MR) is 37.8 cm³/mol. The molecule has 0 bridgehead atoms. The van der Waals surface area contributed by atoms with Gasteiger partial charge >= 0.3 is 0 Å². The Bertz CT molecular complexity index is 134. The molecule has 1 atom stereocenters. The number of rotatable bonds is 3. The van der Waals surface area contributed by atoms with Crippen molar-refractivity contribution >= 4 is 5.91 Å². The summed E-state index contributed by atoms with van der Waals surface area (Å²) in [6, 6.07) is 0. The maximum Gasteiger partial charge on any atom is 0.243 e. The lowest BCUT2D eigenvalue weighted by Gasteiger charge is -2.22. The Kier molecular flexibility index (Phi) is 3.28. The van der Waals surface area contributed by atoms with Crippen molar-refractivity contribution in [2.75, 3.05) is 26.3 Å². The molecule has 0 aromatic rings. The Morgan fingerprint density at radius 3 is 3.18 bits per heavy atom. The van der Waals surface area contributed by atoms with Crippen LogP contribution < -0.4 is 11.1 Å². The van der Waals surface area contributed by atoms with Crippen molar-refractivity contribution in [3.05, 3.63) is 0 Å². The Hall–Kier alpha value is -0.650. The first kappa shape index (κ1) is 8.45. The fourth-order valence-corrected chi connectivity index (χ4v) is 0.823. The summed E-state index contributed by atoms with van der Waals surface area (Å²) in [5.74, 6) is -0.473. The number of carbonyl (C=O) groups is 1. The van der Waals surface area contributed by atoms with Gasteiger partial charge in [-0.1, -0.05) is 0 Å². The van der Waals surface area contributed by atoms with Crippen LogP contribution in [0.4, 0.5) is 0 Å². The van der Waals surface area contributed by atoms with E-state index in [1.807, 2.05) is 0 Å². The molecule has 1 unspecified atom stereocenters. The molecule has 0 aliphatic carbocycles. The van der Waals surface area contributed by atoms with Crippen molar-refractivity contribution in [3.8, 4) is 0 Å². The Morgan fingerprint density at radius 1 is 1.82 bits per heavy atom. The maximum atomic E-state index is 10.3. The quantitative estimate of drug-likeness (QED) is 0.523. The summed E-state index contributed by atoms with van der Waals surface area (Å²) >= 11 is 0. The Balaban J connectivity index is 2.09. The predicted octanol–water partition coefficient (Wildman–Crippen LogP) is -1.57. The summed E-state index contributed by atoms with van der Waals surface area (Å²) in [4.78, 5) is 10.3. The summed E-state index contributed by atoms with van der Waals surface area (Å²) in [6.07, 6.45) is -0.323. The van der Waals surface area contributed by atoms with E-state index in [9.17, 15) is 4.79 Å². The van der Waals surface area contributed by atoms with Crippen LogP contribution in [0.5, 0.6) is 0 Å². The van der Waals surface area contributed by atoms with Crippen LogP contribution in [0.2, 0.25) is 0 Å². The molecule has 1 rings (SSSR count). The van der Waals surface area contributed by atoms with Gasteiger partial charge in [-0.05, 0) is 0 Å². The lowest BCUT2D eigenvalue weighted by Crippen LogP contribution is -2.41. The number of primary amides is 1. The molecule has 1 fully saturated rings. The third kappa shape index (κ3) is 3.31. The van der Waals surface area contributed by atoms with Crippen molar-refractivity contribution in [2.24, 2.45) is 5.73 Å². The molecule has 64 valence electrons. The summed E-state index contributed by atoms with van der Waals surface area (Å²) in [6.45, 7) is 1.99. The third-order valence-corrected chi connectivity index (χ3v) is 1.31. The molecule has 1 aliphatic rings. The molecule has 0 spiro atoms. The van der Waals surface area contributed by atoms with Gasteiger partial charge in [-0.15, -0.1) is 0 Å². The average Bonchev–Trinajstić information content (AvgIpc) is 2.03. The summed E-state index contributed by atoms with van der Waals surface area (Å²) < 4.78 is 10.1. The van der Waals surface area contributed by atoms with Crippen molar-refractivity contribution in [3.63, 3.8) is 0 Å². The van der Waals surface area contributed by atoms with E-state index in [0.717, 1.165) is 6.54 Å². The second-order valence-corrected chi connectivity index (χ2v) is 2.28. The lowest BCUT2D eigenvalue weighted by molar-refractivity contribution is -0.161. The number of hydrogen-bond acceptors (Lipinski definition) is 4. The van der Waals surface area contributed by atoms with E-state index in [-0.39, 0.29) is 12.9 Å². The molecule has 11 heavy (non-hydrogen) atoms. The second-order valence-electron chi connectivity index (χ2n) is 2.28. The number of hydrogen-bond donors (Lipinski definition) is 2. The first-order valence-corrected chi connectivity index (χ1v) is 3.51. The molecular weight excluding hydrogens is 148 g/mol. The Morgan fingerprint density at radius 2 is 2.64 bits per heavy atom.